The Morgan fingerprint density at radius 1 is 1.03 bits per heavy atom. The van der Waals surface area contributed by atoms with Gasteiger partial charge in [0.05, 0.1) is 6.42 Å². The Balaban J connectivity index is 1.52. The Morgan fingerprint density at radius 3 is 2.17 bits per heavy atom. The normalized spacial score (nSPS) is 13.1. The highest BCUT2D eigenvalue weighted by Gasteiger charge is 2.29. The van der Waals surface area contributed by atoms with Crippen molar-refractivity contribution < 1.29 is 24.2 Å². The second-order valence-electron chi connectivity index (χ2n) is 6.95. The fourth-order valence-corrected chi connectivity index (χ4v) is 3.59. The molecule has 152 valence electrons. The first-order valence-corrected chi connectivity index (χ1v) is 9.59. The van der Waals surface area contributed by atoms with Crippen LogP contribution in [0.15, 0.2) is 48.5 Å². The summed E-state index contributed by atoms with van der Waals surface area (Å²) in [6, 6.07) is 15.6. The van der Waals surface area contributed by atoms with Gasteiger partial charge in [-0.1, -0.05) is 55.5 Å². The molecule has 0 bridgehead atoms. The van der Waals surface area contributed by atoms with Crippen LogP contribution in [0.2, 0.25) is 0 Å². The maximum atomic E-state index is 12.1. The van der Waals surface area contributed by atoms with E-state index >= 15 is 0 Å². The number of nitrogens with one attached hydrogen (secondary N) is 2. The van der Waals surface area contributed by atoms with Crippen molar-refractivity contribution in [2.24, 2.45) is 0 Å². The highest BCUT2D eigenvalue weighted by atomic mass is 16.5. The molecule has 0 aliphatic heterocycles. The zero-order chi connectivity index (χ0) is 20.8. The summed E-state index contributed by atoms with van der Waals surface area (Å²) in [4.78, 5) is 34.7. The number of alkyl carbamates (subject to hydrolysis) is 1. The molecule has 0 spiro atoms. The van der Waals surface area contributed by atoms with Gasteiger partial charge in [0.15, 0.2) is 0 Å². The number of amides is 2. The van der Waals surface area contributed by atoms with Crippen molar-refractivity contribution in [3.63, 3.8) is 0 Å². The number of ether oxygens (including phenoxy) is 1. The lowest BCUT2D eigenvalue weighted by atomic mass is 9.98. The summed E-state index contributed by atoms with van der Waals surface area (Å²) in [7, 11) is 0. The SMILES string of the molecule is CCC(CC(=O)O)NC(=O)CNC(=O)OCC1c2ccccc2-c2ccccc21. The van der Waals surface area contributed by atoms with E-state index in [9.17, 15) is 14.4 Å². The lowest BCUT2D eigenvalue weighted by Crippen LogP contribution is -2.42. The number of aliphatic carboxylic acids is 1. The Hall–Kier alpha value is -3.35. The third-order valence-corrected chi connectivity index (χ3v) is 5.02. The fraction of sp³-hybridized carbons (Fsp3) is 0.318. The standard InChI is InChI=1S/C22H24N2O5/c1-2-14(11-21(26)27)24-20(25)12-23-22(28)29-13-19-17-9-5-3-7-15(17)16-8-4-6-10-18(16)19/h3-10,14,19H,2,11-13H2,1H3,(H,23,28)(H,24,25)(H,26,27). The van der Waals surface area contributed by atoms with Gasteiger partial charge in [-0.25, -0.2) is 4.79 Å². The summed E-state index contributed by atoms with van der Waals surface area (Å²) < 4.78 is 5.36. The van der Waals surface area contributed by atoms with Gasteiger partial charge >= 0.3 is 12.1 Å². The molecule has 7 heteroatoms. The molecule has 2 amide bonds. The van der Waals surface area contributed by atoms with Gasteiger partial charge in [0, 0.05) is 12.0 Å². The monoisotopic (exact) mass is 396 g/mol. The topological polar surface area (TPSA) is 105 Å². The Kier molecular flexibility index (Phi) is 6.49. The van der Waals surface area contributed by atoms with Crippen LogP contribution in [0.5, 0.6) is 0 Å². The molecule has 0 saturated carbocycles. The number of carboxylic acids is 1. The molecule has 0 heterocycles. The van der Waals surface area contributed by atoms with E-state index in [2.05, 4.69) is 22.8 Å². The average Bonchev–Trinajstić information content (AvgIpc) is 3.03. The maximum Gasteiger partial charge on any atom is 0.407 e. The summed E-state index contributed by atoms with van der Waals surface area (Å²) >= 11 is 0. The fourth-order valence-electron chi connectivity index (χ4n) is 3.59. The molecule has 1 unspecified atom stereocenters. The summed E-state index contributed by atoms with van der Waals surface area (Å²) in [5.74, 6) is -1.49. The van der Waals surface area contributed by atoms with E-state index < -0.39 is 24.0 Å². The lowest BCUT2D eigenvalue weighted by Gasteiger charge is -2.16. The molecular formula is C22H24N2O5. The first kappa shape index (κ1) is 20.4. The van der Waals surface area contributed by atoms with Crippen molar-refractivity contribution in [3.05, 3.63) is 59.7 Å². The minimum atomic E-state index is -0.985. The third kappa shape index (κ3) is 4.93. The van der Waals surface area contributed by atoms with Gasteiger partial charge < -0.3 is 20.5 Å². The van der Waals surface area contributed by atoms with Crippen molar-refractivity contribution in [1.29, 1.82) is 0 Å². The van der Waals surface area contributed by atoms with Crippen LogP contribution in [-0.4, -0.2) is 42.3 Å². The van der Waals surface area contributed by atoms with Gasteiger partial charge in [-0.15, -0.1) is 0 Å². The molecule has 1 aliphatic rings. The molecule has 0 aromatic heterocycles. The van der Waals surface area contributed by atoms with Crippen LogP contribution in [0.4, 0.5) is 4.79 Å². The number of fused-ring (bicyclic) bond motifs is 3. The molecule has 3 rings (SSSR count). The van der Waals surface area contributed by atoms with Crippen molar-refractivity contribution in [2.75, 3.05) is 13.2 Å². The number of hydrogen-bond donors (Lipinski definition) is 3. The number of carbonyl (C=O) groups excluding carboxylic acids is 2. The van der Waals surface area contributed by atoms with Crippen LogP contribution in [-0.2, 0) is 14.3 Å². The molecule has 2 aromatic rings. The van der Waals surface area contributed by atoms with E-state index in [4.69, 9.17) is 9.84 Å². The van der Waals surface area contributed by atoms with Crippen LogP contribution in [0.3, 0.4) is 0 Å². The van der Waals surface area contributed by atoms with E-state index in [0.29, 0.717) is 6.42 Å². The van der Waals surface area contributed by atoms with E-state index in [1.807, 2.05) is 36.4 Å². The molecule has 3 N–H and O–H groups in total. The largest absolute Gasteiger partial charge is 0.481 e. The van der Waals surface area contributed by atoms with Gasteiger partial charge in [0.1, 0.15) is 13.2 Å². The average molecular weight is 396 g/mol. The number of carboxylic acid groups (broad SMARTS) is 1. The zero-order valence-corrected chi connectivity index (χ0v) is 16.2. The predicted octanol–water partition coefficient (Wildman–Crippen LogP) is 2.89. The Bertz CT molecular complexity index is 866. The quantitative estimate of drug-likeness (QED) is 0.636. The summed E-state index contributed by atoms with van der Waals surface area (Å²) in [5, 5.41) is 13.8. The van der Waals surface area contributed by atoms with Gasteiger partial charge in [-0.2, -0.15) is 0 Å². The molecule has 1 aliphatic carbocycles. The lowest BCUT2D eigenvalue weighted by molar-refractivity contribution is -0.137. The van der Waals surface area contributed by atoms with Gasteiger partial charge in [-0.05, 0) is 28.7 Å². The van der Waals surface area contributed by atoms with Crippen molar-refractivity contribution in [3.8, 4) is 11.1 Å². The van der Waals surface area contributed by atoms with Crippen LogP contribution in [0, 0.1) is 0 Å². The van der Waals surface area contributed by atoms with Gasteiger partial charge in [-0.3, -0.25) is 9.59 Å². The van der Waals surface area contributed by atoms with Gasteiger partial charge in [0.2, 0.25) is 5.91 Å². The van der Waals surface area contributed by atoms with Crippen molar-refractivity contribution in [1.82, 2.24) is 10.6 Å². The number of hydrogen-bond acceptors (Lipinski definition) is 4. The molecule has 2 aromatic carbocycles. The first-order valence-electron chi connectivity index (χ1n) is 9.59. The summed E-state index contributed by atoms with van der Waals surface area (Å²) in [6.45, 7) is 1.68. The van der Waals surface area contributed by atoms with Crippen LogP contribution >= 0.6 is 0 Å². The van der Waals surface area contributed by atoms with Crippen LogP contribution in [0.25, 0.3) is 11.1 Å². The van der Waals surface area contributed by atoms with E-state index in [1.54, 1.807) is 6.92 Å². The predicted molar refractivity (Wildman–Crippen MR) is 108 cm³/mol. The molecule has 0 fully saturated rings. The van der Waals surface area contributed by atoms with Gasteiger partial charge in [0.25, 0.3) is 0 Å². The molecule has 1 atom stereocenters. The summed E-state index contributed by atoms with van der Waals surface area (Å²) in [5.41, 5.74) is 4.50. The Labute approximate surface area is 169 Å². The van der Waals surface area contributed by atoms with Crippen molar-refractivity contribution >= 4 is 18.0 Å². The molecular weight excluding hydrogens is 372 g/mol. The molecule has 29 heavy (non-hydrogen) atoms. The summed E-state index contributed by atoms with van der Waals surface area (Å²) in [6.07, 6.45) is -0.357. The number of carbonyl (C=O) groups is 3. The zero-order valence-electron chi connectivity index (χ0n) is 16.2. The minimum absolute atomic E-state index is 0.0537. The highest BCUT2D eigenvalue weighted by Crippen LogP contribution is 2.44. The smallest absolute Gasteiger partial charge is 0.407 e. The first-order chi connectivity index (χ1) is 14.0. The van der Waals surface area contributed by atoms with E-state index in [-0.39, 0.29) is 25.5 Å². The van der Waals surface area contributed by atoms with E-state index in [0.717, 1.165) is 22.3 Å². The maximum absolute atomic E-state index is 12.1. The highest BCUT2D eigenvalue weighted by molar-refractivity contribution is 5.83. The molecule has 7 nitrogen and oxygen atoms in total. The molecule has 0 radical (unpaired) electrons. The number of benzene rings is 2. The van der Waals surface area contributed by atoms with Crippen molar-refractivity contribution in [2.45, 2.75) is 31.7 Å². The second-order valence-corrected chi connectivity index (χ2v) is 6.95. The number of rotatable bonds is 8. The minimum Gasteiger partial charge on any atom is -0.481 e. The third-order valence-electron chi connectivity index (χ3n) is 5.02. The van der Waals surface area contributed by atoms with Crippen LogP contribution < -0.4 is 10.6 Å². The molecule has 0 saturated heterocycles. The van der Waals surface area contributed by atoms with Crippen LogP contribution in [0.1, 0.15) is 36.8 Å². The second kappa shape index (κ2) is 9.23. The Morgan fingerprint density at radius 2 is 1.62 bits per heavy atom. The van der Waals surface area contributed by atoms with E-state index in [1.165, 1.54) is 0 Å².